The fourth-order valence-electron chi connectivity index (χ4n) is 2.62. The summed E-state index contributed by atoms with van der Waals surface area (Å²) >= 11 is 0. The molecule has 0 radical (unpaired) electrons. The van der Waals surface area contributed by atoms with E-state index in [1.807, 2.05) is 32.3 Å². The van der Waals surface area contributed by atoms with E-state index in [1.54, 1.807) is 4.90 Å². The van der Waals surface area contributed by atoms with Gasteiger partial charge in [0, 0.05) is 32.4 Å². The molecular weight excluding hydrogens is 254 g/mol. The van der Waals surface area contributed by atoms with Gasteiger partial charge in [-0.25, -0.2) is 0 Å². The van der Waals surface area contributed by atoms with Crippen molar-refractivity contribution < 1.29 is 9.53 Å². The first-order valence-electron chi connectivity index (χ1n) is 7.44. The van der Waals surface area contributed by atoms with Gasteiger partial charge in [-0.3, -0.25) is 4.79 Å². The standard InChI is InChI=1S/C15H25N3O2/c1-3-20-12-11-17(2)15(19)14-5-4-10-18(14)13-6-8-16-9-7-13/h4-5,10,13,16H,3,6-9,11-12H2,1-2H3. The van der Waals surface area contributed by atoms with Crippen molar-refractivity contribution >= 4 is 5.91 Å². The summed E-state index contributed by atoms with van der Waals surface area (Å²) in [4.78, 5) is 14.2. The van der Waals surface area contributed by atoms with E-state index in [1.165, 1.54) is 0 Å². The van der Waals surface area contributed by atoms with Gasteiger partial charge in [-0.05, 0) is 45.0 Å². The number of ether oxygens (including phenoxy) is 1. The lowest BCUT2D eigenvalue weighted by Crippen LogP contribution is -2.34. The Morgan fingerprint density at radius 1 is 1.50 bits per heavy atom. The van der Waals surface area contributed by atoms with Crippen molar-refractivity contribution in [2.45, 2.75) is 25.8 Å². The van der Waals surface area contributed by atoms with E-state index < -0.39 is 0 Å². The van der Waals surface area contributed by atoms with Crippen LogP contribution in [0.3, 0.4) is 0 Å². The van der Waals surface area contributed by atoms with Gasteiger partial charge in [0.15, 0.2) is 0 Å². The molecule has 1 saturated heterocycles. The van der Waals surface area contributed by atoms with Crippen LogP contribution in [0.4, 0.5) is 0 Å². The van der Waals surface area contributed by atoms with Crippen LogP contribution in [0.15, 0.2) is 18.3 Å². The minimum atomic E-state index is 0.0771. The van der Waals surface area contributed by atoms with Gasteiger partial charge in [0.05, 0.1) is 6.61 Å². The van der Waals surface area contributed by atoms with Crippen LogP contribution in [0, 0.1) is 0 Å². The first-order chi connectivity index (χ1) is 9.74. The second-order valence-corrected chi connectivity index (χ2v) is 5.21. The number of nitrogens with one attached hydrogen (secondary N) is 1. The van der Waals surface area contributed by atoms with Crippen LogP contribution in [0.25, 0.3) is 0 Å². The third-order valence-corrected chi connectivity index (χ3v) is 3.82. The number of hydrogen-bond donors (Lipinski definition) is 1. The molecule has 1 N–H and O–H groups in total. The zero-order valence-corrected chi connectivity index (χ0v) is 12.5. The van der Waals surface area contributed by atoms with Gasteiger partial charge in [-0.15, -0.1) is 0 Å². The molecule has 1 fully saturated rings. The number of likely N-dealkylation sites (N-methyl/N-ethyl adjacent to an activating group) is 1. The molecule has 1 aliphatic heterocycles. The van der Waals surface area contributed by atoms with E-state index in [0.29, 0.717) is 25.8 Å². The number of hydrogen-bond acceptors (Lipinski definition) is 3. The van der Waals surface area contributed by atoms with E-state index in [2.05, 4.69) is 9.88 Å². The van der Waals surface area contributed by atoms with Crippen LogP contribution in [0.1, 0.15) is 36.3 Å². The third kappa shape index (κ3) is 3.61. The lowest BCUT2D eigenvalue weighted by atomic mass is 10.1. The van der Waals surface area contributed by atoms with Gasteiger partial charge in [0.2, 0.25) is 0 Å². The fraction of sp³-hybridized carbons (Fsp3) is 0.667. The molecular formula is C15H25N3O2. The average Bonchev–Trinajstić information content (AvgIpc) is 2.97. The summed E-state index contributed by atoms with van der Waals surface area (Å²) in [5.41, 5.74) is 0.788. The normalized spacial score (nSPS) is 16.3. The summed E-state index contributed by atoms with van der Waals surface area (Å²) < 4.78 is 7.45. The molecule has 20 heavy (non-hydrogen) atoms. The number of carbonyl (C=O) groups is 1. The molecule has 0 saturated carbocycles. The highest BCUT2D eigenvalue weighted by Crippen LogP contribution is 2.21. The summed E-state index contributed by atoms with van der Waals surface area (Å²) in [5, 5.41) is 3.36. The predicted octanol–water partition coefficient (Wildman–Crippen LogP) is 1.52. The molecule has 2 heterocycles. The monoisotopic (exact) mass is 279 g/mol. The molecule has 2 rings (SSSR count). The highest BCUT2D eigenvalue weighted by molar-refractivity contribution is 5.92. The second kappa shape index (κ2) is 7.45. The lowest BCUT2D eigenvalue weighted by Gasteiger charge is -2.27. The zero-order chi connectivity index (χ0) is 14.4. The van der Waals surface area contributed by atoms with Gasteiger partial charge in [-0.1, -0.05) is 0 Å². The minimum Gasteiger partial charge on any atom is -0.380 e. The molecule has 5 nitrogen and oxygen atoms in total. The number of aromatic nitrogens is 1. The van der Waals surface area contributed by atoms with Crippen molar-refractivity contribution in [2.75, 3.05) is 39.9 Å². The number of carbonyl (C=O) groups excluding carboxylic acids is 1. The Labute approximate surface area is 120 Å². The number of rotatable bonds is 6. The van der Waals surface area contributed by atoms with E-state index in [4.69, 9.17) is 4.74 Å². The first-order valence-corrected chi connectivity index (χ1v) is 7.44. The zero-order valence-electron chi connectivity index (χ0n) is 12.5. The maximum atomic E-state index is 12.5. The SMILES string of the molecule is CCOCCN(C)C(=O)c1cccn1C1CCNCC1. The molecule has 112 valence electrons. The van der Waals surface area contributed by atoms with Gasteiger partial charge >= 0.3 is 0 Å². The first kappa shape index (κ1) is 15.1. The molecule has 1 aliphatic rings. The quantitative estimate of drug-likeness (QED) is 0.803. The van der Waals surface area contributed by atoms with Crippen LogP contribution in [-0.4, -0.2) is 55.3 Å². The van der Waals surface area contributed by atoms with Crippen LogP contribution in [0.5, 0.6) is 0 Å². The van der Waals surface area contributed by atoms with Crippen LogP contribution >= 0.6 is 0 Å². The maximum absolute atomic E-state index is 12.5. The van der Waals surface area contributed by atoms with E-state index in [0.717, 1.165) is 31.6 Å². The highest BCUT2D eigenvalue weighted by Gasteiger charge is 2.21. The Balaban J connectivity index is 2.00. The summed E-state index contributed by atoms with van der Waals surface area (Å²) in [6.07, 6.45) is 4.19. The Kier molecular flexibility index (Phi) is 5.61. The molecule has 1 amide bonds. The van der Waals surface area contributed by atoms with Crippen molar-refractivity contribution in [1.29, 1.82) is 0 Å². The Morgan fingerprint density at radius 3 is 2.95 bits per heavy atom. The molecule has 0 unspecified atom stereocenters. The van der Waals surface area contributed by atoms with Gasteiger partial charge in [0.25, 0.3) is 5.91 Å². The molecule has 0 aromatic carbocycles. The van der Waals surface area contributed by atoms with E-state index in [9.17, 15) is 4.79 Å². The minimum absolute atomic E-state index is 0.0771. The molecule has 5 heteroatoms. The third-order valence-electron chi connectivity index (χ3n) is 3.82. The Hall–Kier alpha value is -1.33. The number of piperidine rings is 1. The van der Waals surface area contributed by atoms with Crippen LogP contribution in [-0.2, 0) is 4.74 Å². The maximum Gasteiger partial charge on any atom is 0.270 e. The molecule has 1 aromatic heterocycles. The van der Waals surface area contributed by atoms with Crippen LogP contribution < -0.4 is 5.32 Å². The smallest absolute Gasteiger partial charge is 0.270 e. The summed E-state index contributed by atoms with van der Waals surface area (Å²) in [7, 11) is 1.83. The topological polar surface area (TPSA) is 46.5 Å². The number of nitrogens with zero attached hydrogens (tertiary/aromatic N) is 2. The summed E-state index contributed by atoms with van der Waals surface area (Å²) in [6, 6.07) is 4.32. The largest absolute Gasteiger partial charge is 0.380 e. The highest BCUT2D eigenvalue weighted by atomic mass is 16.5. The van der Waals surface area contributed by atoms with Crippen molar-refractivity contribution in [1.82, 2.24) is 14.8 Å². The Bertz CT molecular complexity index is 425. The number of amides is 1. The van der Waals surface area contributed by atoms with Crippen LogP contribution in [0.2, 0.25) is 0 Å². The van der Waals surface area contributed by atoms with E-state index >= 15 is 0 Å². The van der Waals surface area contributed by atoms with Gasteiger partial charge in [-0.2, -0.15) is 0 Å². The molecule has 0 bridgehead atoms. The molecule has 0 spiro atoms. The van der Waals surface area contributed by atoms with Crippen molar-refractivity contribution in [3.63, 3.8) is 0 Å². The van der Waals surface area contributed by atoms with E-state index in [-0.39, 0.29) is 5.91 Å². The second-order valence-electron chi connectivity index (χ2n) is 5.21. The van der Waals surface area contributed by atoms with Crippen molar-refractivity contribution in [3.8, 4) is 0 Å². The van der Waals surface area contributed by atoms with Gasteiger partial charge in [0.1, 0.15) is 5.69 Å². The molecule has 0 atom stereocenters. The van der Waals surface area contributed by atoms with Crippen molar-refractivity contribution in [2.24, 2.45) is 0 Å². The molecule has 1 aromatic rings. The molecule has 0 aliphatic carbocycles. The summed E-state index contributed by atoms with van der Waals surface area (Å²) in [5.74, 6) is 0.0771. The lowest BCUT2D eigenvalue weighted by molar-refractivity contribution is 0.0696. The fourth-order valence-corrected chi connectivity index (χ4v) is 2.62. The summed E-state index contributed by atoms with van der Waals surface area (Å²) in [6.45, 7) is 5.92. The average molecular weight is 279 g/mol. The van der Waals surface area contributed by atoms with Gasteiger partial charge < -0.3 is 19.5 Å². The van der Waals surface area contributed by atoms with Crippen molar-refractivity contribution in [3.05, 3.63) is 24.0 Å². The Morgan fingerprint density at radius 2 is 2.25 bits per heavy atom. The predicted molar refractivity (Wildman–Crippen MR) is 79.0 cm³/mol.